The molecule has 0 rings (SSSR count). The molecule has 0 saturated heterocycles. The first-order valence-electron chi connectivity index (χ1n) is 25.7. The Morgan fingerprint density at radius 3 is 0.970 bits per heavy atom. The van der Waals surface area contributed by atoms with Crippen LogP contribution in [0, 0.1) is 0 Å². The summed E-state index contributed by atoms with van der Waals surface area (Å²) in [6.07, 6.45) is 26.4. The van der Waals surface area contributed by atoms with Gasteiger partial charge in [0.15, 0.2) is 12.2 Å². The van der Waals surface area contributed by atoms with Crippen molar-refractivity contribution in [2.45, 2.75) is 245 Å². The maximum absolute atomic E-state index is 12.8. The zero-order chi connectivity index (χ0) is 49.9. The first-order valence-corrected chi connectivity index (χ1v) is 28.7. The lowest BCUT2D eigenvalue weighted by molar-refractivity contribution is -0.161. The Labute approximate surface area is 403 Å². The van der Waals surface area contributed by atoms with E-state index >= 15 is 0 Å². The average Bonchev–Trinajstić information content (AvgIpc) is 3.29. The number of hydrogen-bond donors (Lipinski definition) is 3. The summed E-state index contributed by atoms with van der Waals surface area (Å²) < 4.78 is 66.0. The number of rotatable bonds is 49. The molecule has 5 atom stereocenters. The van der Waals surface area contributed by atoms with E-state index in [0.29, 0.717) is 19.3 Å². The molecule has 396 valence electrons. The molecule has 0 saturated carbocycles. The van der Waals surface area contributed by atoms with Crippen molar-refractivity contribution in [3.05, 3.63) is 0 Å². The van der Waals surface area contributed by atoms with Gasteiger partial charge in [0, 0.05) is 26.2 Å². The van der Waals surface area contributed by atoms with Gasteiger partial charge < -0.3 is 33.8 Å². The third-order valence-electron chi connectivity index (χ3n) is 10.9. The predicted octanol–water partition coefficient (Wildman–Crippen LogP) is 11.7. The van der Waals surface area contributed by atoms with Crippen molar-refractivity contribution in [2.24, 2.45) is 0 Å². The van der Waals surface area contributed by atoms with Crippen LogP contribution >= 0.6 is 15.6 Å². The molecule has 0 fully saturated rings. The molecule has 0 bridgehead atoms. The van der Waals surface area contributed by atoms with Crippen molar-refractivity contribution in [2.75, 3.05) is 39.6 Å². The molecule has 67 heavy (non-hydrogen) atoms. The summed E-state index contributed by atoms with van der Waals surface area (Å²) in [5.74, 6) is -2.35. The van der Waals surface area contributed by atoms with Gasteiger partial charge in [0.05, 0.1) is 26.4 Å². The van der Waals surface area contributed by atoms with E-state index in [4.69, 9.17) is 37.0 Å². The quantitative estimate of drug-likeness (QED) is 0.0222. The Balaban J connectivity index is 4.99. The molecule has 17 nitrogen and oxygen atoms in total. The van der Waals surface area contributed by atoms with Gasteiger partial charge in [-0.05, 0) is 19.3 Å². The van der Waals surface area contributed by atoms with Crippen LogP contribution in [0.1, 0.15) is 227 Å². The van der Waals surface area contributed by atoms with E-state index < -0.39 is 97.5 Å². The molecule has 0 aromatic heterocycles. The number of phosphoric ester groups is 2. The summed E-state index contributed by atoms with van der Waals surface area (Å²) in [5.41, 5.74) is 0. The van der Waals surface area contributed by atoms with Crippen LogP contribution in [-0.4, -0.2) is 96.7 Å². The van der Waals surface area contributed by atoms with E-state index in [2.05, 4.69) is 20.8 Å². The highest BCUT2D eigenvalue weighted by Gasteiger charge is 2.30. The highest BCUT2D eigenvalue weighted by Crippen LogP contribution is 2.45. The molecule has 0 aromatic carbocycles. The minimum absolute atomic E-state index is 0.0961. The van der Waals surface area contributed by atoms with Crippen molar-refractivity contribution < 1.29 is 80.2 Å². The Morgan fingerprint density at radius 1 is 0.388 bits per heavy atom. The van der Waals surface area contributed by atoms with Crippen LogP contribution in [0.15, 0.2) is 0 Å². The molecular formula is C48H92O17P2. The van der Waals surface area contributed by atoms with Crippen molar-refractivity contribution in [3.8, 4) is 0 Å². The van der Waals surface area contributed by atoms with E-state index in [-0.39, 0.29) is 19.3 Å². The minimum Gasteiger partial charge on any atom is -0.462 e. The van der Waals surface area contributed by atoms with Crippen LogP contribution < -0.4 is 0 Å². The van der Waals surface area contributed by atoms with Gasteiger partial charge in [0.1, 0.15) is 19.3 Å². The summed E-state index contributed by atoms with van der Waals surface area (Å²) in [6.45, 7) is 3.65. The Morgan fingerprint density at radius 2 is 0.657 bits per heavy atom. The number of unbranched alkanes of at least 4 members (excludes halogenated alkanes) is 25. The van der Waals surface area contributed by atoms with Gasteiger partial charge in [-0.15, -0.1) is 0 Å². The lowest BCUT2D eigenvalue weighted by atomic mass is 10.0. The number of hydrogen-bond acceptors (Lipinski definition) is 15. The average molecular weight is 1000 g/mol. The SMILES string of the molecule is CCCCCCCCCCCCCCC(=O)O[C@H](COC(=O)CCCCCCCCCCCC)COP(=O)(O)OC[C@H](O)COP(=O)(O)OC[C@@H](COC(C)=O)OC(=O)CCCCCCCC. The van der Waals surface area contributed by atoms with Crippen LogP contribution in [0.2, 0.25) is 0 Å². The monoisotopic (exact) mass is 1000 g/mol. The van der Waals surface area contributed by atoms with Gasteiger partial charge in [-0.1, -0.05) is 181 Å². The highest BCUT2D eigenvalue weighted by atomic mass is 31.2. The zero-order valence-electron chi connectivity index (χ0n) is 41.8. The predicted molar refractivity (Wildman–Crippen MR) is 257 cm³/mol. The molecule has 2 unspecified atom stereocenters. The third kappa shape index (κ3) is 45.0. The normalized spacial score (nSPS) is 14.7. The Hall–Kier alpha value is -1.94. The molecule has 0 amide bonds. The Kier molecular flexibility index (Phi) is 42.8. The first kappa shape index (κ1) is 65.1. The number of phosphoric acid groups is 2. The molecule has 0 radical (unpaired) electrons. The van der Waals surface area contributed by atoms with Crippen LogP contribution in [0.5, 0.6) is 0 Å². The molecule has 0 aromatic rings. The van der Waals surface area contributed by atoms with Gasteiger partial charge in [-0.3, -0.25) is 37.3 Å². The maximum Gasteiger partial charge on any atom is 0.472 e. The van der Waals surface area contributed by atoms with Gasteiger partial charge in [0.25, 0.3) is 0 Å². The highest BCUT2D eigenvalue weighted by molar-refractivity contribution is 7.47. The van der Waals surface area contributed by atoms with Crippen molar-refractivity contribution in [1.82, 2.24) is 0 Å². The second-order valence-electron chi connectivity index (χ2n) is 17.6. The number of carbonyl (C=O) groups excluding carboxylic acids is 4. The molecular weight excluding hydrogens is 910 g/mol. The standard InChI is InChI=1S/C48H92O17P2/c1-5-8-11-14-17-19-21-22-24-26-29-32-35-48(53)65-45(39-59-46(51)33-30-28-25-23-20-18-15-12-9-6-2)41-63-67(56,57)61-37-43(50)36-60-66(54,55)62-40-44(38-58-42(4)49)64-47(52)34-31-27-16-13-10-7-3/h43-45,50H,5-41H2,1-4H3,(H,54,55)(H,56,57)/t43-,44-,45-/m1/s1. The van der Waals surface area contributed by atoms with Crippen molar-refractivity contribution >= 4 is 39.5 Å². The number of aliphatic hydroxyl groups excluding tert-OH is 1. The van der Waals surface area contributed by atoms with Crippen molar-refractivity contribution in [3.63, 3.8) is 0 Å². The number of ether oxygens (including phenoxy) is 4. The van der Waals surface area contributed by atoms with E-state index in [1.54, 1.807) is 0 Å². The van der Waals surface area contributed by atoms with Crippen LogP contribution in [0.25, 0.3) is 0 Å². The fourth-order valence-corrected chi connectivity index (χ4v) is 8.52. The largest absolute Gasteiger partial charge is 0.472 e. The first-order chi connectivity index (χ1) is 32.1. The Bertz CT molecular complexity index is 1340. The summed E-state index contributed by atoms with van der Waals surface area (Å²) in [4.78, 5) is 69.6. The smallest absolute Gasteiger partial charge is 0.462 e. The van der Waals surface area contributed by atoms with Crippen molar-refractivity contribution in [1.29, 1.82) is 0 Å². The number of carbonyl (C=O) groups is 4. The van der Waals surface area contributed by atoms with E-state index in [9.17, 15) is 43.2 Å². The number of esters is 4. The van der Waals surface area contributed by atoms with Crippen LogP contribution in [0.3, 0.4) is 0 Å². The molecule has 19 heteroatoms. The van der Waals surface area contributed by atoms with E-state index in [1.807, 2.05) is 0 Å². The molecule has 0 spiro atoms. The van der Waals surface area contributed by atoms with Gasteiger partial charge in [-0.25, -0.2) is 9.13 Å². The van der Waals surface area contributed by atoms with Crippen LogP contribution in [0.4, 0.5) is 0 Å². The molecule has 0 heterocycles. The topological polar surface area (TPSA) is 237 Å². The summed E-state index contributed by atoms with van der Waals surface area (Å²) in [7, 11) is -9.81. The summed E-state index contributed by atoms with van der Waals surface area (Å²) in [6, 6.07) is 0. The lowest BCUT2D eigenvalue weighted by Crippen LogP contribution is -2.30. The molecule has 0 aliphatic heterocycles. The van der Waals surface area contributed by atoms with Gasteiger partial charge in [0.2, 0.25) is 0 Å². The van der Waals surface area contributed by atoms with E-state index in [1.165, 1.54) is 83.5 Å². The van der Waals surface area contributed by atoms with Gasteiger partial charge in [-0.2, -0.15) is 0 Å². The third-order valence-corrected chi connectivity index (χ3v) is 12.8. The lowest BCUT2D eigenvalue weighted by Gasteiger charge is -2.21. The molecule has 3 N–H and O–H groups in total. The van der Waals surface area contributed by atoms with Gasteiger partial charge >= 0.3 is 39.5 Å². The molecule has 0 aliphatic carbocycles. The minimum atomic E-state index is -4.92. The second kappa shape index (κ2) is 44.0. The zero-order valence-corrected chi connectivity index (χ0v) is 43.6. The molecule has 0 aliphatic rings. The summed E-state index contributed by atoms with van der Waals surface area (Å²) >= 11 is 0. The van der Waals surface area contributed by atoms with E-state index in [0.717, 1.165) is 84.0 Å². The maximum atomic E-state index is 12.8. The second-order valence-corrected chi connectivity index (χ2v) is 20.5. The van der Waals surface area contributed by atoms with Crippen LogP contribution in [-0.2, 0) is 65.4 Å². The fraction of sp³-hybridized carbons (Fsp3) is 0.917. The number of aliphatic hydroxyl groups is 1. The summed E-state index contributed by atoms with van der Waals surface area (Å²) in [5, 5.41) is 10.3. The fourth-order valence-electron chi connectivity index (χ4n) is 6.94.